The molecule has 31 heavy (non-hydrogen) atoms. The van der Waals surface area contributed by atoms with Crippen molar-refractivity contribution < 1.29 is 14.6 Å². The van der Waals surface area contributed by atoms with E-state index in [1.807, 2.05) is 6.07 Å². The van der Waals surface area contributed by atoms with Crippen LogP contribution in [-0.4, -0.2) is 40.7 Å². The molecule has 1 saturated heterocycles. The Bertz CT molecular complexity index is 1050. The molecule has 0 radical (unpaired) electrons. The van der Waals surface area contributed by atoms with Gasteiger partial charge in [0.25, 0.3) is 0 Å². The van der Waals surface area contributed by atoms with Gasteiger partial charge in [-0.05, 0) is 67.6 Å². The Kier molecular flexibility index (Phi) is 6.62. The summed E-state index contributed by atoms with van der Waals surface area (Å²) in [6.45, 7) is 6.14. The average molecular weight is 421 g/mol. The van der Waals surface area contributed by atoms with Crippen molar-refractivity contribution in [3.8, 4) is 5.75 Å². The normalized spacial score (nSPS) is 15.4. The SMILES string of the molecule is CCCCn1cc(C2CCN(Cc3ccc(OC)c(C(=O)O)c3)CC2)c2ccccc21. The summed E-state index contributed by atoms with van der Waals surface area (Å²) in [4.78, 5) is 13.9. The lowest BCUT2D eigenvalue weighted by atomic mass is 9.89. The minimum Gasteiger partial charge on any atom is -0.496 e. The van der Waals surface area contributed by atoms with E-state index in [0.717, 1.165) is 44.6 Å². The number of carboxylic acid groups (broad SMARTS) is 1. The summed E-state index contributed by atoms with van der Waals surface area (Å²) in [7, 11) is 1.51. The number of carbonyl (C=O) groups is 1. The standard InChI is InChI=1S/C26H32N2O3/c1-3-4-13-28-18-23(21-7-5-6-8-24(21)28)20-11-14-27(15-12-20)17-19-9-10-25(31-2)22(16-19)26(29)30/h5-10,16,18,20H,3-4,11-15,17H2,1-2H3,(H,29,30). The number of ether oxygens (including phenoxy) is 1. The molecular formula is C26H32N2O3. The van der Waals surface area contributed by atoms with Crippen LogP contribution in [-0.2, 0) is 13.1 Å². The van der Waals surface area contributed by atoms with Gasteiger partial charge in [0, 0.05) is 30.2 Å². The molecule has 0 unspecified atom stereocenters. The smallest absolute Gasteiger partial charge is 0.339 e. The lowest BCUT2D eigenvalue weighted by molar-refractivity contribution is 0.0693. The number of nitrogens with zero attached hydrogens (tertiary/aromatic N) is 2. The van der Waals surface area contributed by atoms with Crippen LogP contribution < -0.4 is 4.74 Å². The van der Waals surface area contributed by atoms with E-state index >= 15 is 0 Å². The zero-order valence-corrected chi connectivity index (χ0v) is 18.5. The van der Waals surface area contributed by atoms with Gasteiger partial charge in [0.15, 0.2) is 0 Å². The third kappa shape index (κ3) is 4.62. The van der Waals surface area contributed by atoms with Crippen molar-refractivity contribution in [1.82, 2.24) is 9.47 Å². The topological polar surface area (TPSA) is 54.7 Å². The highest BCUT2D eigenvalue weighted by molar-refractivity contribution is 5.91. The van der Waals surface area contributed by atoms with Crippen molar-refractivity contribution in [2.45, 2.75) is 51.6 Å². The number of aryl methyl sites for hydroxylation is 1. The fourth-order valence-corrected chi connectivity index (χ4v) is 4.79. The second-order valence-corrected chi connectivity index (χ2v) is 8.54. The van der Waals surface area contributed by atoms with Crippen molar-refractivity contribution in [1.29, 1.82) is 0 Å². The summed E-state index contributed by atoms with van der Waals surface area (Å²) >= 11 is 0. The van der Waals surface area contributed by atoms with Crippen LogP contribution in [0, 0.1) is 0 Å². The number of unbranched alkanes of at least 4 members (excludes halogenated alkanes) is 1. The van der Waals surface area contributed by atoms with E-state index in [0.29, 0.717) is 11.7 Å². The number of rotatable bonds is 8. The molecule has 2 heterocycles. The van der Waals surface area contributed by atoms with Crippen molar-refractivity contribution in [3.63, 3.8) is 0 Å². The molecule has 1 N–H and O–H groups in total. The number of hydrogen-bond acceptors (Lipinski definition) is 3. The van der Waals surface area contributed by atoms with Gasteiger partial charge in [0.2, 0.25) is 0 Å². The first kappa shape index (κ1) is 21.4. The summed E-state index contributed by atoms with van der Waals surface area (Å²) < 4.78 is 7.62. The lowest BCUT2D eigenvalue weighted by Gasteiger charge is -2.32. The molecular weight excluding hydrogens is 388 g/mol. The number of likely N-dealkylation sites (tertiary alicyclic amines) is 1. The van der Waals surface area contributed by atoms with Crippen LogP contribution in [0.2, 0.25) is 0 Å². The molecule has 0 atom stereocenters. The molecule has 5 heteroatoms. The van der Waals surface area contributed by atoms with Gasteiger partial charge in [-0.25, -0.2) is 4.79 Å². The Morgan fingerprint density at radius 3 is 2.65 bits per heavy atom. The van der Waals surface area contributed by atoms with Gasteiger partial charge >= 0.3 is 5.97 Å². The maximum atomic E-state index is 11.5. The zero-order chi connectivity index (χ0) is 21.8. The maximum Gasteiger partial charge on any atom is 0.339 e. The van der Waals surface area contributed by atoms with Gasteiger partial charge in [0.05, 0.1) is 7.11 Å². The highest BCUT2D eigenvalue weighted by atomic mass is 16.5. The highest BCUT2D eigenvalue weighted by Crippen LogP contribution is 2.35. The fraction of sp³-hybridized carbons (Fsp3) is 0.423. The predicted octanol–water partition coefficient (Wildman–Crippen LogP) is 5.53. The highest BCUT2D eigenvalue weighted by Gasteiger charge is 2.24. The Labute approximate surface area is 184 Å². The number of para-hydroxylation sites is 1. The van der Waals surface area contributed by atoms with E-state index in [4.69, 9.17) is 4.74 Å². The lowest BCUT2D eigenvalue weighted by Crippen LogP contribution is -2.32. The van der Waals surface area contributed by atoms with Crippen LogP contribution in [0.3, 0.4) is 0 Å². The molecule has 0 spiro atoms. The number of carboxylic acids is 1. The molecule has 1 aromatic heterocycles. The van der Waals surface area contributed by atoms with E-state index in [-0.39, 0.29) is 5.56 Å². The molecule has 1 aliphatic heterocycles. The average Bonchev–Trinajstić information content (AvgIpc) is 3.17. The summed E-state index contributed by atoms with van der Waals surface area (Å²) in [5.74, 6) is 0.0424. The Morgan fingerprint density at radius 1 is 1.16 bits per heavy atom. The van der Waals surface area contributed by atoms with Gasteiger partial charge in [0.1, 0.15) is 11.3 Å². The van der Waals surface area contributed by atoms with Gasteiger partial charge < -0.3 is 14.4 Å². The number of piperidine rings is 1. The molecule has 2 aromatic carbocycles. The fourth-order valence-electron chi connectivity index (χ4n) is 4.79. The van der Waals surface area contributed by atoms with Crippen LogP contribution in [0.1, 0.15) is 60.0 Å². The Balaban J connectivity index is 1.45. The number of hydrogen-bond donors (Lipinski definition) is 1. The second kappa shape index (κ2) is 9.56. The molecule has 0 saturated carbocycles. The van der Waals surface area contributed by atoms with Crippen LogP contribution in [0.25, 0.3) is 10.9 Å². The predicted molar refractivity (Wildman–Crippen MR) is 124 cm³/mol. The molecule has 5 nitrogen and oxygen atoms in total. The van der Waals surface area contributed by atoms with E-state index in [1.54, 1.807) is 12.1 Å². The molecule has 3 aromatic rings. The number of aromatic nitrogens is 1. The second-order valence-electron chi connectivity index (χ2n) is 8.54. The number of aromatic carboxylic acids is 1. The number of benzene rings is 2. The van der Waals surface area contributed by atoms with Crippen LogP contribution in [0.15, 0.2) is 48.7 Å². The van der Waals surface area contributed by atoms with Crippen LogP contribution in [0.4, 0.5) is 0 Å². The first-order valence-corrected chi connectivity index (χ1v) is 11.3. The largest absolute Gasteiger partial charge is 0.496 e. The van der Waals surface area contributed by atoms with E-state index in [2.05, 4.69) is 46.9 Å². The van der Waals surface area contributed by atoms with E-state index < -0.39 is 5.97 Å². The van der Waals surface area contributed by atoms with Crippen molar-refractivity contribution in [2.24, 2.45) is 0 Å². The van der Waals surface area contributed by atoms with Crippen molar-refractivity contribution >= 4 is 16.9 Å². The minimum atomic E-state index is -0.947. The first-order valence-electron chi connectivity index (χ1n) is 11.3. The summed E-state index contributed by atoms with van der Waals surface area (Å²) in [5, 5.41) is 10.8. The molecule has 0 amide bonds. The number of methoxy groups -OCH3 is 1. The number of fused-ring (bicyclic) bond motifs is 1. The van der Waals surface area contributed by atoms with Gasteiger partial charge in [-0.3, -0.25) is 4.90 Å². The molecule has 0 bridgehead atoms. The van der Waals surface area contributed by atoms with Gasteiger partial charge in [-0.2, -0.15) is 0 Å². The zero-order valence-electron chi connectivity index (χ0n) is 18.5. The van der Waals surface area contributed by atoms with E-state index in [1.165, 1.54) is 36.4 Å². The molecule has 4 rings (SSSR count). The third-order valence-corrected chi connectivity index (χ3v) is 6.50. The first-order chi connectivity index (χ1) is 15.1. The van der Waals surface area contributed by atoms with E-state index in [9.17, 15) is 9.90 Å². The molecule has 1 fully saturated rings. The quantitative estimate of drug-likeness (QED) is 0.521. The molecule has 164 valence electrons. The third-order valence-electron chi connectivity index (χ3n) is 6.50. The van der Waals surface area contributed by atoms with Crippen molar-refractivity contribution in [3.05, 3.63) is 65.4 Å². The Hall–Kier alpha value is -2.79. The molecule has 1 aliphatic rings. The summed E-state index contributed by atoms with van der Waals surface area (Å²) in [6.07, 6.45) is 7.06. The van der Waals surface area contributed by atoms with Gasteiger partial charge in [-0.1, -0.05) is 37.6 Å². The Morgan fingerprint density at radius 2 is 1.94 bits per heavy atom. The minimum absolute atomic E-state index is 0.231. The van der Waals surface area contributed by atoms with Crippen LogP contribution in [0.5, 0.6) is 5.75 Å². The monoisotopic (exact) mass is 420 g/mol. The summed E-state index contributed by atoms with van der Waals surface area (Å²) in [5.41, 5.74) is 4.10. The van der Waals surface area contributed by atoms with Gasteiger partial charge in [-0.15, -0.1) is 0 Å². The van der Waals surface area contributed by atoms with Crippen molar-refractivity contribution in [2.75, 3.05) is 20.2 Å². The van der Waals surface area contributed by atoms with Crippen LogP contribution >= 0.6 is 0 Å². The molecule has 0 aliphatic carbocycles. The summed E-state index contributed by atoms with van der Waals surface area (Å²) in [6, 6.07) is 14.3. The maximum absolute atomic E-state index is 11.5.